The van der Waals surface area contributed by atoms with E-state index in [0.717, 1.165) is 16.8 Å². The number of benzene rings is 1. The summed E-state index contributed by atoms with van der Waals surface area (Å²) >= 11 is 6.03. The Balaban J connectivity index is 2.53. The molecule has 0 atom stereocenters. The fourth-order valence-electron chi connectivity index (χ4n) is 1.56. The largest absolute Gasteiger partial charge is 0.495 e. The molecule has 0 aliphatic heterocycles. The van der Waals surface area contributed by atoms with Crippen molar-refractivity contribution in [3.05, 3.63) is 28.9 Å². The SMILES string of the molecule is COc1ccc(-c2c(C)noc2N)cc1Cl. The molecule has 0 spiro atoms. The Labute approximate surface area is 97.9 Å². The molecular weight excluding hydrogens is 228 g/mol. The van der Waals surface area contributed by atoms with Gasteiger partial charge in [0.1, 0.15) is 5.75 Å². The fourth-order valence-corrected chi connectivity index (χ4v) is 1.82. The molecule has 2 aromatic rings. The minimum atomic E-state index is 0.290. The lowest BCUT2D eigenvalue weighted by molar-refractivity contribution is 0.415. The molecule has 2 rings (SSSR count). The van der Waals surface area contributed by atoms with Crippen LogP contribution in [0.1, 0.15) is 5.69 Å². The number of nitrogen functional groups attached to an aromatic ring is 1. The monoisotopic (exact) mass is 238 g/mol. The molecule has 0 saturated carbocycles. The van der Waals surface area contributed by atoms with Gasteiger partial charge in [-0.3, -0.25) is 0 Å². The van der Waals surface area contributed by atoms with Crippen LogP contribution in [-0.2, 0) is 0 Å². The Hall–Kier alpha value is -1.68. The highest BCUT2D eigenvalue weighted by Gasteiger charge is 2.13. The predicted molar refractivity (Wildman–Crippen MR) is 62.7 cm³/mol. The second-order valence-electron chi connectivity index (χ2n) is 3.36. The Kier molecular flexibility index (Phi) is 2.75. The standard InChI is InChI=1S/C11H11ClN2O2/c1-6-10(11(13)16-14-6)7-3-4-9(15-2)8(12)5-7/h3-5H,13H2,1-2H3. The average Bonchev–Trinajstić information content (AvgIpc) is 2.58. The van der Waals surface area contributed by atoms with E-state index in [-0.39, 0.29) is 0 Å². The van der Waals surface area contributed by atoms with Gasteiger partial charge < -0.3 is 15.0 Å². The summed E-state index contributed by atoms with van der Waals surface area (Å²) in [6, 6.07) is 5.42. The van der Waals surface area contributed by atoms with E-state index in [1.807, 2.05) is 13.0 Å². The van der Waals surface area contributed by atoms with Crippen molar-refractivity contribution in [2.45, 2.75) is 6.92 Å². The molecule has 16 heavy (non-hydrogen) atoms. The minimum Gasteiger partial charge on any atom is -0.495 e. The summed E-state index contributed by atoms with van der Waals surface area (Å²) in [6.45, 7) is 1.83. The Morgan fingerprint density at radius 2 is 2.19 bits per heavy atom. The summed E-state index contributed by atoms with van der Waals surface area (Å²) in [7, 11) is 1.57. The molecule has 0 unspecified atom stereocenters. The van der Waals surface area contributed by atoms with Crippen molar-refractivity contribution in [3.63, 3.8) is 0 Å². The number of rotatable bonds is 2. The number of nitrogens with zero attached hydrogens (tertiary/aromatic N) is 1. The molecule has 0 bridgehead atoms. The van der Waals surface area contributed by atoms with E-state index in [1.54, 1.807) is 19.2 Å². The number of nitrogens with two attached hydrogens (primary N) is 1. The summed E-state index contributed by atoms with van der Waals surface area (Å²) in [5.41, 5.74) is 8.06. The van der Waals surface area contributed by atoms with Crippen LogP contribution in [-0.4, -0.2) is 12.3 Å². The molecule has 0 saturated heterocycles. The van der Waals surface area contributed by atoms with Crippen LogP contribution < -0.4 is 10.5 Å². The van der Waals surface area contributed by atoms with E-state index >= 15 is 0 Å². The van der Waals surface area contributed by atoms with Gasteiger partial charge in [0.25, 0.3) is 0 Å². The number of hydrogen-bond donors (Lipinski definition) is 1. The third-order valence-electron chi connectivity index (χ3n) is 2.33. The van der Waals surface area contributed by atoms with Gasteiger partial charge in [-0.15, -0.1) is 0 Å². The lowest BCUT2D eigenvalue weighted by Gasteiger charge is -2.05. The van der Waals surface area contributed by atoms with Gasteiger partial charge in [-0.05, 0) is 24.6 Å². The fraction of sp³-hybridized carbons (Fsp3) is 0.182. The normalized spacial score (nSPS) is 10.4. The average molecular weight is 239 g/mol. The van der Waals surface area contributed by atoms with Crippen molar-refractivity contribution in [2.24, 2.45) is 0 Å². The van der Waals surface area contributed by atoms with Crippen LogP contribution in [0, 0.1) is 6.92 Å². The minimum absolute atomic E-state index is 0.290. The van der Waals surface area contributed by atoms with Crippen LogP contribution >= 0.6 is 11.6 Å². The topological polar surface area (TPSA) is 61.3 Å². The van der Waals surface area contributed by atoms with Crippen LogP contribution in [0.15, 0.2) is 22.7 Å². The summed E-state index contributed by atoms with van der Waals surface area (Å²) < 4.78 is 9.98. The molecule has 1 heterocycles. The van der Waals surface area contributed by atoms with E-state index in [9.17, 15) is 0 Å². The third-order valence-corrected chi connectivity index (χ3v) is 2.62. The van der Waals surface area contributed by atoms with Gasteiger partial charge >= 0.3 is 0 Å². The molecule has 4 nitrogen and oxygen atoms in total. The summed E-state index contributed by atoms with van der Waals surface area (Å²) in [4.78, 5) is 0. The van der Waals surface area contributed by atoms with Gasteiger partial charge in [-0.1, -0.05) is 22.8 Å². The first-order valence-electron chi connectivity index (χ1n) is 4.69. The summed E-state index contributed by atoms with van der Waals surface area (Å²) in [5, 5.41) is 4.32. The first-order valence-corrected chi connectivity index (χ1v) is 5.07. The van der Waals surface area contributed by atoms with Crippen LogP contribution in [0.2, 0.25) is 5.02 Å². The highest BCUT2D eigenvalue weighted by atomic mass is 35.5. The molecule has 1 aromatic carbocycles. The molecule has 0 radical (unpaired) electrons. The molecule has 1 aromatic heterocycles. The van der Waals surface area contributed by atoms with E-state index in [1.165, 1.54) is 0 Å². The molecule has 5 heteroatoms. The predicted octanol–water partition coefficient (Wildman–Crippen LogP) is 2.89. The molecule has 0 amide bonds. The second kappa shape index (κ2) is 4.06. The molecule has 0 fully saturated rings. The number of anilines is 1. The lowest BCUT2D eigenvalue weighted by Crippen LogP contribution is -1.89. The Morgan fingerprint density at radius 1 is 1.44 bits per heavy atom. The van der Waals surface area contributed by atoms with Crippen LogP contribution in [0.5, 0.6) is 5.75 Å². The van der Waals surface area contributed by atoms with E-state index < -0.39 is 0 Å². The summed E-state index contributed by atoms with van der Waals surface area (Å²) in [6.07, 6.45) is 0. The quantitative estimate of drug-likeness (QED) is 0.874. The van der Waals surface area contributed by atoms with E-state index in [4.69, 9.17) is 26.6 Å². The zero-order chi connectivity index (χ0) is 11.7. The highest BCUT2D eigenvalue weighted by molar-refractivity contribution is 6.32. The van der Waals surface area contributed by atoms with Gasteiger partial charge in [0, 0.05) is 0 Å². The van der Waals surface area contributed by atoms with Crippen molar-refractivity contribution in [1.29, 1.82) is 0 Å². The van der Waals surface area contributed by atoms with Gasteiger partial charge in [0.2, 0.25) is 5.88 Å². The highest BCUT2D eigenvalue weighted by Crippen LogP contribution is 2.34. The maximum absolute atomic E-state index is 6.03. The number of hydrogen-bond acceptors (Lipinski definition) is 4. The molecule has 0 aliphatic carbocycles. The smallest absolute Gasteiger partial charge is 0.230 e. The zero-order valence-corrected chi connectivity index (χ0v) is 9.71. The third kappa shape index (κ3) is 1.72. The lowest BCUT2D eigenvalue weighted by atomic mass is 10.1. The second-order valence-corrected chi connectivity index (χ2v) is 3.76. The number of aromatic nitrogens is 1. The number of methoxy groups -OCH3 is 1. The first kappa shape index (κ1) is 10.8. The van der Waals surface area contributed by atoms with Crippen LogP contribution in [0.25, 0.3) is 11.1 Å². The van der Waals surface area contributed by atoms with Crippen molar-refractivity contribution in [3.8, 4) is 16.9 Å². The first-order chi connectivity index (χ1) is 7.63. The van der Waals surface area contributed by atoms with E-state index in [2.05, 4.69) is 5.16 Å². The number of aryl methyl sites for hydroxylation is 1. The van der Waals surface area contributed by atoms with Gasteiger partial charge in [0.05, 0.1) is 23.4 Å². The van der Waals surface area contributed by atoms with Gasteiger partial charge in [-0.2, -0.15) is 0 Å². The maximum Gasteiger partial charge on any atom is 0.230 e. The Bertz CT molecular complexity index is 503. The Morgan fingerprint density at radius 3 is 2.69 bits per heavy atom. The van der Waals surface area contributed by atoms with Crippen molar-refractivity contribution < 1.29 is 9.26 Å². The molecule has 2 N–H and O–H groups in total. The van der Waals surface area contributed by atoms with E-state index in [0.29, 0.717) is 16.7 Å². The molecular formula is C11H11ClN2O2. The van der Waals surface area contributed by atoms with Gasteiger partial charge in [0.15, 0.2) is 0 Å². The van der Waals surface area contributed by atoms with Crippen molar-refractivity contribution >= 4 is 17.5 Å². The molecule has 0 aliphatic rings. The van der Waals surface area contributed by atoms with Gasteiger partial charge in [-0.25, -0.2) is 0 Å². The molecule has 84 valence electrons. The number of halogens is 1. The van der Waals surface area contributed by atoms with Crippen LogP contribution in [0.4, 0.5) is 5.88 Å². The van der Waals surface area contributed by atoms with Crippen molar-refractivity contribution in [1.82, 2.24) is 5.16 Å². The van der Waals surface area contributed by atoms with Crippen molar-refractivity contribution in [2.75, 3.05) is 12.8 Å². The van der Waals surface area contributed by atoms with Crippen LogP contribution in [0.3, 0.4) is 0 Å². The maximum atomic E-state index is 6.03. The number of ether oxygens (including phenoxy) is 1. The zero-order valence-electron chi connectivity index (χ0n) is 8.95. The summed E-state index contributed by atoms with van der Waals surface area (Å²) in [5.74, 6) is 0.914.